The van der Waals surface area contributed by atoms with Gasteiger partial charge in [-0.1, -0.05) is 12.1 Å². The molecule has 0 aliphatic rings. The lowest BCUT2D eigenvalue weighted by Crippen LogP contribution is -2.26. The van der Waals surface area contributed by atoms with Crippen LogP contribution in [0.3, 0.4) is 0 Å². The molecule has 2 rings (SSSR count). The number of benzene rings is 1. The SMILES string of the molecule is CC(O)CCNC(=O)c1ccccc1OCc1cscn1. The lowest BCUT2D eigenvalue weighted by Gasteiger charge is -2.11. The summed E-state index contributed by atoms with van der Waals surface area (Å²) in [5.74, 6) is 0.324. The third kappa shape index (κ3) is 4.84. The number of thiazole rings is 1. The number of hydrogen-bond acceptors (Lipinski definition) is 5. The zero-order valence-electron chi connectivity index (χ0n) is 11.8. The largest absolute Gasteiger partial charge is 0.486 e. The maximum absolute atomic E-state index is 12.1. The predicted molar refractivity (Wildman–Crippen MR) is 81.5 cm³/mol. The number of aliphatic hydroxyl groups is 1. The smallest absolute Gasteiger partial charge is 0.255 e. The van der Waals surface area contributed by atoms with E-state index in [0.29, 0.717) is 30.9 Å². The van der Waals surface area contributed by atoms with E-state index in [2.05, 4.69) is 10.3 Å². The number of nitrogens with one attached hydrogen (secondary N) is 1. The molecule has 0 aliphatic heterocycles. The van der Waals surface area contributed by atoms with Crippen molar-refractivity contribution in [3.05, 3.63) is 46.4 Å². The quantitative estimate of drug-likeness (QED) is 0.823. The Morgan fingerprint density at radius 1 is 1.48 bits per heavy atom. The topological polar surface area (TPSA) is 71.5 Å². The third-order valence-corrected chi connectivity index (χ3v) is 3.47. The molecule has 21 heavy (non-hydrogen) atoms. The molecule has 6 heteroatoms. The minimum Gasteiger partial charge on any atom is -0.486 e. The average Bonchev–Trinajstić information content (AvgIpc) is 2.98. The lowest BCUT2D eigenvalue weighted by molar-refractivity contribution is 0.0941. The summed E-state index contributed by atoms with van der Waals surface area (Å²) in [6.07, 6.45) is 0.0922. The van der Waals surface area contributed by atoms with Crippen LogP contribution in [0.15, 0.2) is 35.2 Å². The molecule has 1 unspecified atom stereocenters. The standard InChI is InChI=1S/C15H18N2O3S/c1-11(18)6-7-16-15(19)13-4-2-3-5-14(13)20-8-12-9-21-10-17-12/h2-5,9-11,18H,6-8H2,1H3,(H,16,19). The van der Waals surface area contributed by atoms with Gasteiger partial charge >= 0.3 is 0 Å². The number of nitrogens with zero attached hydrogens (tertiary/aromatic N) is 1. The zero-order valence-corrected chi connectivity index (χ0v) is 12.6. The van der Waals surface area contributed by atoms with Crippen LogP contribution in [0.25, 0.3) is 0 Å². The molecule has 0 spiro atoms. The van der Waals surface area contributed by atoms with Gasteiger partial charge in [0.15, 0.2) is 0 Å². The molecule has 0 fully saturated rings. The van der Waals surface area contributed by atoms with Crippen LogP contribution >= 0.6 is 11.3 Å². The van der Waals surface area contributed by atoms with E-state index in [9.17, 15) is 9.90 Å². The van der Waals surface area contributed by atoms with Crippen LogP contribution in [0.2, 0.25) is 0 Å². The predicted octanol–water partition coefficient (Wildman–Crippen LogP) is 2.22. The molecule has 0 saturated heterocycles. The van der Waals surface area contributed by atoms with E-state index >= 15 is 0 Å². The highest BCUT2D eigenvalue weighted by Gasteiger charge is 2.12. The van der Waals surface area contributed by atoms with Crippen molar-refractivity contribution in [2.75, 3.05) is 6.54 Å². The van der Waals surface area contributed by atoms with Gasteiger partial charge in [0, 0.05) is 11.9 Å². The fourth-order valence-electron chi connectivity index (χ4n) is 1.73. The summed E-state index contributed by atoms with van der Waals surface area (Å²) in [5, 5.41) is 13.9. The molecule has 0 radical (unpaired) electrons. The number of aromatic nitrogens is 1. The number of carbonyl (C=O) groups is 1. The second-order valence-corrected chi connectivity index (χ2v) is 5.38. The van der Waals surface area contributed by atoms with Gasteiger partial charge in [0.1, 0.15) is 12.4 Å². The van der Waals surface area contributed by atoms with Crippen LogP contribution < -0.4 is 10.1 Å². The fourth-order valence-corrected chi connectivity index (χ4v) is 2.27. The van der Waals surface area contributed by atoms with E-state index in [-0.39, 0.29) is 5.91 Å². The van der Waals surface area contributed by atoms with Crippen LogP contribution in [0.4, 0.5) is 0 Å². The van der Waals surface area contributed by atoms with Gasteiger partial charge in [-0.25, -0.2) is 4.98 Å². The Morgan fingerprint density at radius 3 is 3.00 bits per heavy atom. The summed E-state index contributed by atoms with van der Waals surface area (Å²) in [5.41, 5.74) is 3.07. The van der Waals surface area contributed by atoms with Crippen molar-refractivity contribution >= 4 is 17.2 Å². The van der Waals surface area contributed by atoms with Crippen molar-refractivity contribution in [2.45, 2.75) is 26.1 Å². The average molecular weight is 306 g/mol. The van der Waals surface area contributed by atoms with Crippen LogP contribution in [-0.2, 0) is 6.61 Å². The van der Waals surface area contributed by atoms with E-state index in [1.807, 2.05) is 11.4 Å². The Bertz CT molecular complexity index is 570. The van der Waals surface area contributed by atoms with Gasteiger partial charge in [-0.15, -0.1) is 11.3 Å². The van der Waals surface area contributed by atoms with E-state index < -0.39 is 6.10 Å². The van der Waals surface area contributed by atoms with Gasteiger partial charge in [0.05, 0.1) is 22.9 Å². The minimum absolute atomic E-state index is 0.204. The summed E-state index contributed by atoms with van der Waals surface area (Å²) in [6.45, 7) is 2.45. The fraction of sp³-hybridized carbons (Fsp3) is 0.333. The Hall–Kier alpha value is -1.92. The van der Waals surface area contributed by atoms with Crippen LogP contribution in [0.5, 0.6) is 5.75 Å². The molecule has 0 aliphatic carbocycles. The van der Waals surface area contributed by atoms with Gasteiger partial charge in [0.25, 0.3) is 5.91 Å². The molecule has 1 amide bonds. The first kappa shape index (κ1) is 15.5. The number of ether oxygens (including phenoxy) is 1. The summed E-state index contributed by atoms with van der Waals surface area (Å²) in [6, 6.07) is 7.09. The van der Waals surface area contributed by atoms with Crippen molar-refractivity contribution in [3.8, 4) is 5.75 Å². The second-order valence-electron chi connectivity index (χ2n) is 4.66. The molecule has 1 aromatic heterocycles. The second kappa shape index (κ2) is 7.75. The van der Waals surface area contributed by atoms with Crippen LogP contribution in [-0.4, -0.2) is 28.6 Å². The Kier molecular flexibility index (Phi) is 5.71. The summed E-state index contributed by atoms with van der Waals surface area (Å²) in [7, 11) is 0. The zero-order chi connectivity index (χ0) is 15.1. The van der Waals surface area contributed by atoms with Crippen molar-refractivity contribution in [1.82, 2.24) is 10.3 Å². The number of aliphatic hydroxyl groups excluding tert-OH is 1. The number of carbonyl (C=O) groups excluding carboxylic acids is 1. The molecule has 2 aromatic rings. The van der Waals surface area contributed by atoms with Gasteiger partial charge in [0.2, 0.25) is 0 Å². The lowest BCUT2D eigenvalue weighted by atomic mass is 10.2. The van der Waals surface area contributed by atoms with Crippen molar-refractivity contribution in [2.24, 2.45) is 0 Å². The van der Waals surface area contributed by atoms with Crippen LogP contribution in [0, 0.1) is 0 Å². The summed E-state index contributed by atoms with van der Waals surface area (Å²) < 4.78 is 5.66. The molecule has 1 heterocycles. The highest BCUT2D eigenvalue weighted by molar-refractivity contribution is 7.07. The maximum Gasteiger partial charge on any atom is 0.255 e. The molecular formula is C15H18N2O3S. The molecule has 1 atom stereocenters. The van der Waals surface area contributed by atoms with Gasteiger partial charge in [-0.05, 0) is 25.5 Å². The van der Waals surface area contributed by atoms with Gasteiger partial charge in [-0.3, -0.25) is 4.79 Å². The maximum atomic E-state index is 12.1. The monoisotopic (exact) mass is 306 g/mol. The molecular weight excluding hydrogens is 288 g/mol. The molecule has 0 bridgehead atoms. The molecule has 112 valence electrons. The molecule has 1 aromatic carbocycles. The first-order chi connectivity index (χ1) is 10.2. The molecule has 0 saturated carbocycles. The molecule has 2 N–H and O–H groups in total. The van der Waals surface area contributed by atoms with Crippen molar-refractivity contribution < 1.29 is 14.6 Å². The Morgan fingerprint density at radius 2 is 2.29 bits per heavy atom. The number of amides is 1. The normalized spacial score (nSPS) is 11.9. The number of para-hydroxylation sites is 1. The van der Waals surface area contributed by atoms with E-state index in [4.69, 9.17) is 4.74 Å². The Balaban J connectivity index is 1.97. The summed E-state index contributed by atoms with van der Waals surface area (Å²) >= 11 is 1.50. The van der Waals surface area contributed by atoms with E-state index in [0.717, 1.165) is 5.69 Å². The Labute approximate surface area is 127 Å². The number of rotatable bonds is 7. The minimum atomic E-state index is -0.429. The first-order valence-electron chi connectivity index (χ1n) is 6.72. The van der Waals surface area contributed by atoms with E-state index in [1.165, 1.54) is 11.3 Å². The third-order valence-electron chi connectivity index (χ3n) is 2.84. The van der Waals surface area contributed by atoms with Crippen molar-refractivity contribution in [1.29, 1.82) is 0 Å². The van der Waals surface area contributed by atoms with E-state index in [1.54, 1.807) is 30.6 Å². The highest BCUT2D eigenvalue weighted by atomic mass is 32.1. The number of hydrogen-bond donors (Lipinski definition) is 2. The summed E-state index contributed by atoms with van der Waals surface area (Å²) in [4.78, 5) is 16.3. The first-order valence-corrected chi connectivity index (χ1v) is 7.66. The molecule has 5 nitrogen and oxygen atoms in total. The van der Waals surface area contributed by atoms with Gasteiger partial charge < -0.3 is 15.2 Å². The van der Waals surface area contributed by atoms with Gasteiger partial charge in [-0.2, -0.15) is 0 Å². The van der Waals surface area contributed by atoms with Crippen molar-refractivity contribution in [3.63, 3.8) is 0 Å². The van der Waals surface area contributed by atoms with Crippen LogP contribution in [0.1, 0.15) is 29.4 Å². The highest BCUT2D eigenvalue weighted by Crippen LogP contribution is 2.19.